The van der Waals surface area contributed by atoms with E-state index < -0.39 is 0 Å². The molecule has 1 fully saturated rings. The van der Waals surface area contributed by atoms with Crippen LogP contribution >= 0.6 is 11.6 Å². The Morgan fingerprint density at radius 3 is 2.75 bits per heavy atom. The molecule has 0 aliphatic carbocycles. The number of halogens is 1. The van der Waals surface area contributed by atoms with Crippen molar-refractivity contribution in [2.45, 2.75) is 32.9 Å². The largest absolute Gasteiger partial charge is 0.340 e. The highest BCUT2D eigenvalue weighted by Gasteiger charge is 2.35. The Balaban J connectivity index is 1.66. The van der Waals surface area contributed by atoms with Crippen molar-refractivity contribution < 1.29 is 4.79 Å². The molecule has 0 saturated carbocycles. The third-order valence-electron chi connectivity index (χ3n) is 4.50. The van der Waals surface area contributed by atoms with Gasteiger partial charge in [0.05, 0.1) is 0 Å². The molecule has 1 aromatic carbocycles. The van der Waals surface area contributed by atoms with Gasteiger partial charge in [-0.1, -0.05) is 25.4 Å². The van der Waals surface area contributed by atoms with Crippen LogP contribution in [-0.2, 0) is 11.3 Å². The number of nitrogens with two attached hydrogens (primary N) is 1. The Kier molecular flexibility index (Phi) is 4.56. The summed E-state index contributed by atoms with van der Waals surface area (Å²) in [5.41, 5.74) is 6.84. The van der Waals surface area contributed by atoms with Gasteiger partial charge in [-0.2, -0.15) is 4.80 Å². The summed E-state index contributed by atoms with van der Waals surface area (Å²) >= 11 is 5.87. The number of aromatic nitrogens is 4. The van der Waals surface area contributed by atoms with E-state index in [0.717, 1.165) is 12.0 Å². The minimum atomic E-state index is -0.0851. The van der Waals surface area contributed by atoms with Gasteiger partial charge in [0.15, 0.2) is 0 Å². The fraction of sp³-hybridized carbons (Fsp3) is 0.500. The fourth-order valence-corrected chi connectivity index (χ4v) is 2.96. The van der Waals surface area contributed by atoms with Crippen LogP contribution in [0, 0.1) is 5.41 Å². The lowest BCUT2D eigenvalue weighted by Gasteiger charge is -2.42. The molecule has 2 N–H and O–H groups in total. The summed E-state index contributed by atoms with van der Waals surface area (Å²) in [4.78, 5) is 15.6. The fourth-order valence-electron chi connectivity index (χ4n) is 2.83. The molecule has 1 atom stereocenters. The summed E-state index contributed by atoms with van der Waals surface area (Å²) in [7, 11) is 0. The molecule has 24 heavy (non-hydrogen) atoms. The number of nitrogens with zero attached hydrogens (tertiary/aromatic N) is 5. The molecule has 0 spiro atoms. The van der Waals surface area contributed by atoms with Gasteiger partial charge >= 0.3 is 0 Å². The molecule has 2 aromatic rings. The van der Waals surface area contributed by atoms with Crippen LogP contribution in [0.5, 0.6) is 0 Å². The van der Waals surface area contributed by atoms with E-state index in [1.165, 1.54) is 4.80 Å². The molecule has 1 aliphatic heterocycles. The predicted molar refractivity (Wildman–Crippen MR) is 91.2 cm³/mol. The van der Waals surface area contributed by atoms with E-state index >= 15 is 0 Å². The zero-order valence-electron chi connectivity index (χ0n) is 13.8. The minimum absolute atomic E-state index is 0.0185. The number of hydrogen-bond donors (Lipinski definition) is 1. The molecule has 0 radical (unpaired) electrons. The van der Waals surface area contributed by atoms with Gasteiger partial charge in [0.1, 0.15) is 6.54 Å². The molecule has 1 aliphatic rings. The van der Waals surface area contributed by atoms with Crippen molar-refractivity contribution in [3.8, 4) is 11.4 Å². The van der Waals surface area contributed by atoms with E-state index in [0.29, 0.717) is 23.9 Å². The van der Waals surface area contributed by atoms with Crippen molar-refractivity contribution in [1.29, 1.82) is 0 Å². The van der Waals surface area contributed by atoms with E-state index in [2.05, 4.69) is 29.3 Å². The third-order valence-corrected chi connectivity index (χ3v) is 4.75. The number of carbonyl (C=O) groups is 1. The van der Waals surface area contributed by atoms with E-state index in [-0.39, 0.29) is 23.9 Å². The molecule has 128 valence electrons. The first kappa shape index (κ1) is 16.9. The summed E-state index contributed by atoms with van der Waals surface area (Å²) in [5.74, 6) is 0.454. The summed E-state index contributed by atoms with van der Waals surface area (Å²) in [6.45, 7) is 5.56. The van der Waals surface area contributed by atoms with Crippen molar-refractivity contribution in [2.75, 3.05) is 13.1 Å². The normalized spacial score (nSPS) is 20.2. The molecule has 1 unspecified atom stereocenters. The highest BCUT2D eigenvalue weighted by atomic mass is 35.5. The number of likely N-dealkylation sites (tertiary alicyclic amines) is 1. The molecule has 8 heteroatoms. The smallest absolute Gasteiger partial charge is 0.246 e. The summed E-state index contributed by atoms with van der Waals surface area (Å²) < 4.78 is 0. The van der Waals surface area contributed by atoms with Crippen LogP contribution in [-0.4, -0.2) is 50.1 Å². The maximum absolute atomic E-state index is 12.5. The number of rotatable bonds is 3. The topological polar surface area (TPSA) is 89.9 Å². The SMILES string of the molecule is CC1(C)CN(C(=O)Cn2nnc(-c3ccc(Cl)cc3)n2)CCC1N. The number of piperidine rings is 1. The molecule has 3 rings (SSSR count). The van der Waals surface area contributed by atoms with Crippen LogP contribution in [0.25, 0.3) is 11.4 Å². The number of amides is 1. The van der Waals surface area contributed by atoms with Gasteiger partial charge in [0.25, 0.3) is 0 Å². The Morgan fingerprint density at radius 2 is 2.08 bits per heavy atom. The molecule has 1 saturated heterocycles. The van der Waals surface area contributed by atoms with E-state index in [1.807, 2.05) is 17.0 Å². The lowest BCUT2D eigenvalue weighted by molar-refractivity contribution is -0.135. The lowest BCUT2D eigenvalue weighted by atomic mass is 9.80. The van der Waals surface area contributed by atoms with Crippen molar-refractivity contribution in [3.63, 3.8) is 0 Å². The van der Waals surface area contributed by atoms with Crippen LogP contribution < -0.4 is 5.73 Å². The molecule has 1 aromatic heterocycles. The second-order valence-electron chi connectivity index (χ2n) is 6.85. The standard InChI is InChI=1S/C16H21ClN6O/c1-16(2)10-22(8-7-13(16)18)14(24)9-23-20-15(19-21-23)11-3-5-12(17)6-4-11/h3-6,13H,7-10,18H2,1-2H3. The monoisotopic (exact) mass is 348 g/mol. The van der Waals surface area contributed by atoms with Gasteiger partial charge in [-0.05, 0) is 41.3 Å². The first-order valence-electron chi connectivity index (χ1n) is 7.92. The highest BCUT2D eigenvalue weighted by molar-refractivity contribution is 6.30. The average molecular weight is 349 g/mol. The van der Waals surface area contributed by atoms with Gasteiger partial charge in [-0.3, -0.25) is 4.79 Å². The van der Waals surface area contributed by atoms with Gasteiger partial charge < -0.3 is 10.6 Å². The Bertz CT molecular complexity index is 726. The first-order chi connectivity index (χ1) is 11.3. The van der Waals surface area contributed by atoms with Crippen LogP contribution in [0.2, 0.25) is 5.02 Å². The Labute approximate surface area is 145 Å². The number of benzene rings is 1. The van der Waals surface area contributed by atoms with Crippen molar-refractivity contribution >= 4 is 17.5 Å². The maximum Gasteiger partial charge on any atom is 0.246 e. The summed E-state index contributed by atoms with van der Waals surface area (Å²) in [6.07, 6.45) is 0.805. The van der Waals surface area contributed by atoms with Crippen LogP contribution in [0.3, 0.4) is 0 Å². The summed E-state index contributed by atoms with van der Waals surface area (Å²) in [6, 6.07) is 7.28. The van der Waals surface area contributed by atoms with Crippen LogP contribution in [0.4, 0.5) is 0 Å². The highest BCUT2D eigenvalue weighted by Crippen LogP contribution is 2.27. The van der Waals surface area contributed by atoms with Crippen molar-refractivity contribution in [3.05, 3.63) is 29.3 Å². The second-order valence-corrected chi connectivity index (χ2v) is 7.29. The molecule has 0 bridgehead atoms. The maximum atomic E-state index is 12.5. The minimum Gasteiger partial charge on any atom is -0.340 e. The van der Waals surface area contributed by atoms with E-state index in [1.54, 1.807) is 12.1 Å². The first-order valence-corrected chi connectivity index (χ1v) is 8.30. The molecular formula is C16H21ClN6O. The molecule has 7 nitrogen and oxygen atoms in total. The molecule has 2 heterocycles. The van der Waals surface area contributed by atoms with Crippen LogP contribution in [0.15, 0.2) is 24.3 Å². The predicted octanol–water partition coefficient (Wildman–Crippen LogP) is 1.58. The average Bonchev–Trinajstić information content (AvgIpc) is 2.99. The van der Waals surface area contributed by atoms with Gasteiger partial charge in [-0.15, -0.1) is 10.2 Å². The second kappa shape index (κ2) is 6.49. The third kappa shape index (κ3) is 3.57. The van der Waals surface area contributed by atoms with Gasteiger partial charge in [-0.25, -0.2) is 0 Å². The van der Waals surface area contributed by atoms with Crippen LogP contribution in [0.1, 0.15) is 20.3 Å². The van der Waals surface area contributed by atoms with Gasteiger partial charge in [0.2, 0.25) is 11.7 Å². The van der Waals surface area contributed by atoms with Gasteiger partial charge in [0, 0.05) is 29.7 Å². The number of carbonyl (C=O) groups excluding carboxylic acids is 1. The Hall–Kier alpha value is -1.99. The lowest BCUT2D eigenvalue weighted by Crippen LogP contribution is -2.54. The summed E-state index contributed by atoms with van der Waals surface area (Å²) in [5, 5.41) is 12.9. The quantitative estimate of drug-likeness (QED) is 0.909. The Morgan fingerprint density at radius 1 is 1.38 bits per heavy atom. The van der Waals surface area contributed by atoms with Crippen molar-refractivity contribution in [1.82, 2.24) is 25.1 Å². The zero-order valence-corrected chi connectivity index (χ0v) is 14.6. The molecular weight excluding hydrogens is 328 g/mol. The molecule has 1 amide bonds. The van der Waals surface area contributed by atoms with E-state index in [4.69, 9.17) is 17.3 Å². The number of hydrogen-bond acceptors (Lipinski definition) is 5. The van der Waals surface area contributed by atoms with E-state index in [9.17, 15) is 4.79 Å². The number of tetrazole rings is 1. The van der Waals surface area contributed by atoms with Crippen molar-refractivity contribution in [2.24, 2.45) is 11.1 Å². The zero-order chi connectivity index (χ0) is 17.3.